The highest BCUT2D eigenvalue weighted by Gasteiger charge is 2.28. The molecule has 3 aromatic heterocycles. The van der Waals surface area contributed by atoms with E-state index < -0.39 is 0 Å². The van der Waals surface area contributed by atoms with E-state index in [-0.39, 0.29) is 17.7 Å². The number of nitrogens with zero attached hydrogens (tertiary/aromatic N) is 3. The lowest BCUT2D eigenvalue weighted by molar-refractivity contribution is 0.0528. The van der Waals surface area contributed by atoms with Crippen molar-refractivity contribution in [2.75, 3.05) is 13.1 Å². The Morgan fingerprint density at radius 2 is 2.12 bits per heavy atom. The van der Waals surface area contributed by atoms with Crippen molar-refractivity contribution in [2.24, 2.45) is 0 Å². The number of piperidine rings is 1. The molecule has 1 amide bonds. The molecule has 1 aliphatic heterocycles. The van der Waals surface area contributed by atoms with Crippen LogP contribution in [0.5, 0.6) is 5.75 Å². The third-order valence-corrected chi connectivity index (χ3v) is 4.11. The number of likely N-dealkylation sites (tertiary alicyclic amines) is 1. The van der Waals surface area contributed by atoms with Gasteiger partial charge in [-0.05, 0) is 37.1 Å². The SMILES string of the molecule is O=C(c1cc(-c2ccco2)on1)N1CCCC(Oc2ccncc2)C1. The van der Waals surface area contributed by atoms with Crippen LogP contribution in [-0.4, -0.2) is 40.1 Å². The van der Waals surface area contributed by atoms with E-state index in [1.54, 1.807) is 41.8 Å². The molecule has 4 heterocycles. The van der Waals surface area contributed by atoms with E-state index in [1.165, 1.54) is 0 Å². The molecule has 0 N–H and O–H groups in total. The second kappa shape index (κ2) is 6.80. The lowest BCUT2D eigenvalue weighted by Gasteiger charge is -2.32. The average molecular weight is 339 g/mol. The summed E-state index contributed by atoms with van der Waals surface area (Å²) < 4.78 is 16.4. The van der Waals surface area contributed by atoms with Crippen LogP contribution in [0.25, 0.3) is 11.5 Å². The van der Waals surface area contributed by atoms with Crippen molar-refractivity contribution in [3.05, 3.63) is 54.7 Å². The predicted octanol–water partition coefficient (Wildman–Crippen LogP) is 3.01. The first kappa shape index (κ1) is 15.4. The van der Waals surface area contributed by atoms with Crippen LogP contribution >= 0.6 is 0 Å². The standard InChI is InChI=1S/C18H17N3O4/c22-18(15-11-17(25-20-15)16-4-2-10-23-16)21-9-1-3-14(12-21)24-13-5-7-19-8-6-13/h2,4-8,10-11,14H,1,3,9,12H2. The number of amides is 1. The fourth-order valence-corrected chi connectivity index (χ4v) is 2.90. The van der Waals surface area contributed by atoms with Gasteiger partial charge in [0.05, 0.1) is 12.8 Å². The molecule has 4 rings (SSSR count). The molecule has 0 saturated carbocycles. The zero-order valence-corrected chi connectivity index (χ0v) is 13.5. The Morgan fingerprint density at radius 3 is 2.92 bits per heavy atom. The van der Waals surface area contributed by atoms with Crippen molar-refractivity contribution in [1.29, 1.82) is 0 Å². The van der Waals surface area contributed by atoms with Gasteiger partial charge in [-0.1, -0.05) is 5.16 Å². The number of hydrogen-bond acceptors (Lipinski definition) is 6. The normalized spacial score (nSPS) is 17.4. The van der Waals surface area contributed by atoms with Crippen molar-refractivity contribution < 1.29 is 18.5 Å². The minimum Gasteiger partial charge on any atom is -0.488 e. The predicted molar refractivity (Wildman–Crippen MR) is 88.0 cm³/mol. The molecule has 3 aromatic rings. The lowest BCUT2D eigenvalue weighted by atomic mass is 10.1. The van der Waals surface area contributed by atoms with E-state index in [2.05, 4.69) is 10.1 Å². The van der Waals surface area contributed by atoms with Crippen LogP contribution in [0, 0.1) is 0 Å². The smallest absolute Gasteiger partial charge is 0.276 e. The summed E-state index contributed by atoms with van der Waals surface area (Å²) in [4.78, 5) is 18.4. The van der Waals surface area contributed by atoms with Gasteiger partial charge in [-0.15, -0.1) is 0 Å². The van der Waals surface area contributed by atoms with Crippen molar-refractivity contribution in [2.45, 2.75) is 18.9 Å². The molecule has 1 fully saturated rings. The molecule has 7 nitrogen and oxygen atoms in total. The molecule has 1 aliphatic rings. The number of furan rings is 1. The number of hydrogen-bond donors (Lipinski definition) is 0. The molecule has 0 aliphatic carbocycles. The number of rotatable bonds is 4. The topological polar surface area (TPSA) is 81.6 Å². The van der Waals surface area contributed by atoms with Crippen LogP contribution in [0.3, 0.4) is 0 Å². The van der Waals surface area contributed by atoms with E-state index in [1.807, 2.05) is 12.1 Å². The summed E-state index contributed by atoms with van der Waals surface area (Å²) in [6.45, 7) is 1.20. The van der Waals surface area contributed by atoms with Gasteiger partial charge in [0.15, 0.2) is 11.5 Å². The molecule has 1 saturated heterocycles. The number of aromatic nitrogens is 2. The van der Waals surface area contributed by atoms with Gasteiger partial charge in [-0.2, -0.15) is 0 Å². The summed E-state index contributed by atoms with van der Waals surface area (Å²) in [5, 5.41) is 3.88. The van der Waals surface area contributed by atoms with E-state index >= 15 is 0 Å². The summed E-state index contributed by atoms with van der Waals surface area (Å²) in [6, 6.07) is 8.75. The summed E-state index contributed by atoms with van der Waals surface area (Å²) in [5.41, 5.74) is 0.274. The van der Waals surface area contributed by atoms with E-state index in [4.69, 9.17) is 13.7 Å². The quantitative estimate of drug-likeness (QED) is 0.727. The Hall–Kier alpha value is -3.09. The molecule has 128 valence electrons. The van der Waals surface area contributed by atoms with Crippen molar-refractivity contribution in [3.63, 3.8) is 0 Å². The average Bonchev–Trinajstić information content (AvgIpc) is 3.34. The van der Waals surface area contributed by atoms with Crippen molar-refractivity contribution >= 4 is 5.91 Å². The van der Waals surface area contributed by atoms with Crippen LogP contribution in [0.1, 0.15) is 23.3 Å². The molecule has 7 heteroatoms. The van der Waals surface area contributed by atoms with E-state index in [0.717, 1.165) is 18.6 Å². The highest BCUT2D eigenvalue weighted by atomic mass is 16.5. The van der Waals surface area contributed by atoms with Crippen LogP contribution in [0.2, 0.25) is 0 Å². The molecule has 0 bridgehead atoms. The largest absolute Gasteiger partial charge is 0.488 e. The first-order chi connectivity index (χ1) is 12.3. The van der Waals surface area contributed by atoms with E-state index in [9.17, 15) is 4.79 Å². The van der Waals surface area contributed by atoms with Crippen LogP contribution in [0.15, 0.2) is 57.9 Å². The molecule has 1 unspecified atom stereocenters. The maximum Gasteiger partial charge on any atom is 0.276 e. The Bertz CT molecular complexity index is 829. The fourth-order valence-electron chi connectivity index (χ4n) is 2.90. The zero-order valence-electron chi connectivity index (χ0n) is 13.5. The van der Waals surface area contributed by atoms with Crippen LogP contribution in [0.4, 0.5) is 0 Å². The Morgan fingerprint density at radius 1 is 1.24 bits per heavy atom. The van der Waals surface area contributed by atoms with Crippen LogP contribution in [-0.2, 0) is 0 Å². The number of pyridine rings is 1. The first-order valence-electron chi connectivity index (χ1n) is 8.16. The van der Waals surface area contributed by atoms with Gasteiger partial charge in [-0.25, -0.2) is 0 Å². The minimum atomic E-state index is -0.162. The van der Waals surface area contributed by atoms with Crippen molar-refractivity contribution in [1.82, 2.24) is 15.0 Å². The highest BCUT2D eigenvalue weighted by molar-refractivity contribution is 5.93. The van der Waals surface area contributed by atoms with Gasteiger partial charge in [0.2, 0.25) is 5.76 Å². The van der Waals surface area contributed by atoms with Crippen LogP contribution < -0.4 is 4.74 Å². The Balaban J connectivity index is 1.43. The third-order valence-electron chi connectivity index (χ3n) is 4.11. The molecule has 0 aromatic carbocycles. The molecule has 1 atom stereocenters. The lowest BCUT2D eigenvalue weighted by Crippen LogP contribution is -2.44. The second-order valence-corrected chi connectivity index (χ2v) is 5.87. The van der Waals surface area contributed by atoms with E-state index in [0.29, 0.717) is 24.6 Å². The minimum absolute atomic E-state index is 0.0449. The van der Waals surface area contributed by atoms with Gasteiger partial charge >= 0.3 is 0 Å². The maximum absolute atomic E-state index is 12.7. The number of carbonyl (C=O) groups is 1. The summed E-state index contributed by atoms with van der Waals surface area (Å²) >= 11 is 0. The highest BCUT2D eigenvalue weighted by Crippen LogP contribution is 2.23. The number of carbonyl (C=O) groups excluding carboxylic acids is 1. The third kappa shape index (κ3) is 3.40. The van der Waals surface area contributed by atoms with Gasteiger partial charge in [0.25, 0.3) is 5.91 Å². The Kier molecular flexibility index (Phi) is 4.20. The van der Waals surface area contributed by atoms with Gasteiger partial charge in [0, 0.05) is 25.0 Å². The molecular formula is C18H17N3O4. The zero-order chi connectivity index (χ0) is 17.1. The summed E-state index contributed by atoms with van der Waals surface area (Å²) in [5.74, 6) is 1.58. The summed E-state index contributed by atoms with van der Waals surface area (Å²) in [7, 11) is 0. The first-order valence-corrected chi connectivity index (χ1v) is 8.16. The monoisotopic (exact) mass is 339 g/mol. The Labute approximate surface area is 144 Å². The number of ether oxygens (including phenoxy) is 1. The molecule has 0 spiro atoms. The maximum atomic E-state index is 12.7. The van der Waals surface area contributed by atoms with Crippen molar-refractivity contribution in [3.8, 4) is 17.3 Å². The second-order valence-electron chi connectivity index (χ2n) is 5.87. The molecule has 25 heavy (non-hydrogen) atoms. The van der Waals surface area contributed by atoms with Gasteiger partial charge in [0.1, 0.15) is 11.9 Å². The molecule has 0 radical (unpaired) electrons. The summed E-state index contributed by atoms with van der Waals surface area (Å²) in [6.07, 6.45) is 6.66. The molecular weight excluding hydrogens is 322 g/mol. The fraction of sp³-hybridized carbons (Fsp3) is 0.278. The van der Waals surface area contributed by atoms with Gasteiger partial charge < -0.3 is 18.6 Å². The van der Waals surface area contributed by atoms with Gasteiger partial charge in [-0.3, -0.25) is 9.78 Å².